The number of carbonyl (C=O) groups is 2. The second-order valence-electron chi connectivity index (χ2n) is 7.23. The minimum Gasteiger partial charge on any atom is -0.481 e. The topological polar surface area (TPSA) is 107 Å². The molecule has 1 aliphatic rings. The second-order valence-corrected chi connectivity index (χ2v) is 7.23. The number of aliphatic carboxylic acids is 1. The third-order valence-electron chi connectivity index (χ3n) is 5.01. The van der Waals surface area contributed by atoms with Crippen LogP contribution in [0.2, 0.25) is 0 Å². The van der Waals surface area contributed by atoms with Crippen molar-refractivity contribution in [1.29, 1.82) is 0 Å². The van der Waals surface area contributed by atoms with Crippen LogP contribution in [-0.4, -0.2) is 56.4 Å². The number of likely N-dealkylation sites (tertiary alicyclic amines) is 1. The van der Waals surface area contributed by atoms with Crippen molar-refractivity contribution in [3.8, 4) is 0 Å². The van der Waals surface area contributed by atoms with Gasteiger partial charge in [0.2, 0.25) is 0 Å². The fraction of sp³-hybridized carbons (Fsp3) is 0.706. The van der Waals surface area contributed by atoms with Gasteiger partial charge < -0.3 is 15.1 Å². The van der Waals surface area contributed by atoms with Gasteiger partial charge in [-0.25, -0.2) is 0 Å². The Morgan fingerprint density at radius 1 is 1.42 bits per heavy atom. The Bertz CT molecular complexity index is 606. The van der Waals surface area contributed by atoms with Crippen molar-refractivity contribution in [2.24, 2.45) is 11.3 Å². The van der Waals surface area contributed by atoms with Gasteiger partial charge in [0, 0.05) is 18.8 Å². The first kappa shape index (κ1) is 18.4. The molecule has 1 fully saturated rings. The third-order valence-corrected chi connectivity index (χ3v) is 5.01. The summed E-state index contributed by atoms with van der Waals surface area (Å²) in [4.78, 5) is 26.4. The van der Waals surface area contributed by atoms with E-state index in [2.05, 4.69) is 10.2 Å². The van der Waals surface area contributed by atoms with Crippen molar-refractivity contribution in [1.82, 2.24) is 15.1 Å². The molecule has 2 atom stereocenters. The lowest BCUT2D eigenvalue weighted by Crippen LogP contribution is -2.57. The number of H-pyrrole nitrogens is 1. The zero-order valence-electron chi connectivity index (χ0n) is 14.8. The first-order chi connectivity index (χ1) is 11.2. The van der Waals surface area contributed by atoms with Gasteiger partial charge >= 0.3 is 5.97 Å². The standard InChI is InChI=1S/C17H27N3O4/c1-10(2)5-7-17(16(23)24)9-20(8-6-13(17)21)15(22)14-11(3)18-19-12(14)4/h10,13,21H,5-9H2,1-4H3,(H,18,19)(H,23,24)/t13-,17-/m1/s1. The molecule has 0 aromatic carbocycles. The van der Waals surface area contributed by atoms with E-state index in [0.717, 1.165) is 0 Å². The zero-order valence-corrected chi connectivity index (χ0v) is 14.8. The van der Waals surface area contributed by atoms with Crippen LogP contribution < -0.4 is 0 Å². The molecule has 0 bridgehead atoms. The molecule has 1 aliphatic heterocycles. The number of aryl methyl sites for hydroxylation is 2. The zero-order chi connectivity index (χ0) is 18.1. The van der Waals surface area contributed by atoms with Crippen LogP contribution in [0.5, 0.6) is 0 Å². The maximum Gasteiger partial charge on any atom is 0.314 e. The second kappa shape index (κ2) is 6.93. The molecular weight excluding hydrogens is 310 g/mol. The molecule has 1 saturated heterocycles. The van der Waals surface area contributed by atoms with Gasteiger partial charge in [-0.15, -0.1) is 0 Å². The molecule has 1 aromatic heterocycles. The molecule has 2 heterocycles. The highest BCUT2D eigenvalue weighted by atomic mass is 16.4. The molecule has 0 unspecified atom stereocenters. The smallest absolute Gasteiger partial charge is 0.314 e. The Hall–Kier alpha value is -1.89. The van der Waals surface area contributed by atoms with Gasteiger partial charge in [-0.05, 0) is 39.0 Å². The van der Waals surface area contributed by atoms with Crippen LogP contribution in [-0.2, 0) is 4.79 Å². The summed E-state index contributed by atoms with van der Waals surface area (Å²) in [7, 11) is 0. The van der Waals surface area contributed by atoms with Crippen molar-refractivity contribution in [2.45, 2.75) is 53.1 Å². The average Bonchev–Trinajstić information content (AvgIpc) is 2.84. The van der Waals surface area contributed by atoms with Crippen molar-refractivity contribution in [2.75, 3.05) is 13.1 Å². The van der Waals surface area contributed by atoms with Crippen LogP contribution in [0.3, 0.4) is 0 Å². The van der Waals surface area contributed by atoms with E-state index < -0.39 is 17.5 Å². The predicted octanol–water partition coefficient (Wildman–Crippen LogP) is 1.74. The summed E-state index contributed by atoms with van der Waals surface area (Å²) in [5, 5.41) is 27.0. The first-order valence-corrected chi connectivity index (χ1v) is 8.41. The molecule has 3 N–H and O–H groups in total. The van der Waals surface area contributed by atoms with Crippen LogP contribution in [0.4, 0.5) is 0 Å². The predicted molar refractivity (Wildman–Crippen MR) is 88.7 cm³/mol. The van der Waals surface area contributed by atoms with E-state index in [1.807, 2.05) is 13.8 Å². The Morgan fingerprint density at radius 2 is 2.08 bits per heavy atom. The minimum atomic E-state index is -1.30. The van der Waals surface area contributed by atoms with E-state index >= 15 is 0 Å². The van der Waals surface area contributed by atoms with Crippen LogP contribution >= 0.6 is 0 Å². The number of amides is 1. The minimum absolute atomic E-state index is 0.0269. The lowest BCUT2D eigenvalue weighted by Gasteiger charge is -2.43. The van der Waals surface area contributed by atoms with Crippen LogP contribution in [0.1, 0.15) is 54.9 Å². The molecule has 24 heavy (non-hydrogen) atoms. The normalized spacial score (nSPS) is 24.4. The molecule has 1 amide bonds. The van der Waals surface area contributed by atoms with Gasteiger partial charge in [-0.3, -0.25) is 14.7 Å². The first-order valence-electron chi connectivity index (χ1n) is 8.41. The summed E-state index contributed by atoms with van der Waals surface area (Å²) >= 11 is 0. The Kier molecular flexibility index (Phi) is 5.32. The van der Waals surface area contributed by atoms with Crippen molar-refractivity contribution < 1.29 is 19.8 Å². The number of hydrogen-bond donors (Lipinski definition) is 3. The number of aliphatic hydroxyl groups excluding tert-OH is 1. The van der Waals surface area contributed by atoms with Gasteiger partial charge in [0.1, 0.15) is 5.41 Å². The fourth-order valence-corrected chi connectivity index (χ4v) is 3.39. The van der Waals surface area contributed by atoms with Gasteiger partial charge in [0.15, 0.2) is 0 Å². The van der Waals surface area contributed by atoms with E-state index in [1.54, 1.807) is 18.7 Å². The average molecular weight is 337 g/mol. The van der Waals surface area contributed by atoms with Gasteiger partial charge in [0.25, 0.3) is 5.91 Å². The molecule has 0 spiro atoms. The van der Waals surface area contributed by atoms with E-state index in [4.69, 9.17) is 0 Å². The van der Waals surface area contributed by atoms with Crippen LogP contribution in [0.25, 0.3) is 0 Å². The highest BCUT2D eigenvalue weighted by Crippen LogP contribution is 2.37. The van der Waals surface area contributed by atoms with E-state index in [-0.39, 0.29) is 18.9 Å². The molecule has 0 saturated carbocycles. The maximum absolute atomic E-state index is 12.8. The molecular formula is C17H27N3O4. The number of piperidine rings is 1. The number of carboxylic acids is 1. The van der Waals surface area contributed by atoms with Crippen molar-refractivity contribution in [3.63, 3.8) is 0 Å². The van der Waals surface area contributed by atoms with Crippen molar-refractivity contribution in [3.05, 3.63) is 17.0 Å². The van der Waals surface area contributed by atoms with Gasteiger partial charge in [-0.2, -0.15) is 5.10 Å². The SMILES string of the molecule is Cc1n[nH]c(C)c1C(=O)N1CC[C@@H](O)[C@](CCC(C)C)(C(=O)O)C1. The van der Waals surface area contributed by atoms with Crippen LogP contribution in [0, 0.1) is 25.2 Å². The largest absolute Gasteiger partial charge is 0.481 e. The van der Waals surface area contributed by atoms with E-state index in [1.165, 1.54) is 0 Å². The molecule has 7 heteroatoms. The number of aromatic amines is 1. The highest BCUT2D eigenvalue weighted by molar-refractivity contribution is 5.96. The Labute approximate surface area is 142 Å². The van der Waals surface area contributed by atoms with Crippen LogP contribution in [0.15, 0.2) is 0 Å². The third kappa shape index (κ3) is 3.31. The summed E-state index contributed by atoms with van der Waals surface area (Å²) in [6.07, 6.45) is 0.375. The summed E-state index contributed by atoms with van der Waals surface area (Å²) in [6.45, 7) is 7.94. The Balaban J connectivity index is 2.28. The number of rotatable bonds is 5. The number of nitrogens with one attached hydrogen (secondary N) is 1. The van der Waals surface area contributed by atoms with E-state index in [9.17, 15) is 19.8 Å². The number of carboxylic acid groups (broad SMARTS) is 1. The molecule has 7 nitrogen and oxygen atoms in total. The highest BCUT2D eigenvalue weighted by Gasteiger charge is 2.50. The van der Waals surface area contributed by atoms with Gasteiger partial charge in [-0.1, -0.05) is 13.8 Å². The molecule has 0 aliphatic carbocycles. The van der Waals surface area contributed by atoms with E-state index in [0.29, 0.717) is 42.3 Å². The van der Waals surface area contributed by atoms with Crippen molar-refractivity contribution >= 4 is 11.9 Å². The quantitative estimate of drug-likeness (QED) is 0.759. The Morgan fingerprint density at radius 3 is 2.58 bits per heavy atom. The summed E-state index contributed by atoms with van der Waals surface area (Å²) in [5.74, 6) is -0.924. The fourth-order valence-electron chi connectivity index (χ4n) is 3.39. The summed E-state index contributed by atoms with van der Waals surface area (Å²) < 4.78 is 0. The summed E-state index contributed by atoms with van der Waals surface area (Å²) in [6, 6.07) is 0. The number of hydrogen-bond acceptors (Lipinski definition) is 4. The maximum atomic E-state index is 12.8. The monoisotopic (exact) mass is 337 g/mol. The molecule has 2 rings (SSSR count). The van der Waals surface area contributed by atoms with Gasteiger partial charge in [0.05, 0.1) is 17.4 Å². The number of aliphatic hydroxyl groups is 1. The lowest BCUT2D eigenvalue weighted by molar-refractivity contribution is -0.163. The number of carbonyl (C=O) groups excluding carboxylic acids is 1. The summed E-state index contributed by atoms with van der Waals surface area (Å²) in [5.41, 5.74) is 0.469. The molecule has 1 aromatic rings. The number of aromatic nitrogens is 2. The molecule has 0 radical (unpaired) electrons. The lowest BCUT2D eigenvalue weighted by atomic mass is 9.72. The molecule has 134 valence electrons. The number of nitrogens with zero attached hydrogens (tertiary/aromatic N) is 2.